The summed E-state index contributed by atoms with van der Waals surface area (Å²) in [5, 5.41) is 0. The first-order valence-corrected chi connectivity index (χ1v) is 10.6. The highest BCUT2D eigenvalue weighted by Gasteiger charge is 2.16. The second-order valence-corrected chi connectivity index (χ2v) is 7.34. The minimum absolute atomic E-state index is 0.396. The summed E-state index contributed by atoms with van der Waals surface area (Å²) in [6, 6.07) is 12.3. The van der Waals surface area contributed by atoms with Crippen LogP contribution in [0.3, 0.4) is 0 Å². The molecule has 1 atom stereocenters. The van der Waals surface area contributed by atoms with Crippen LogP contribution in [0.25, 0.3) is 11.3 Å². The molecule has 0 aliphatic heterocycles. The molecule has 0 amide bonds. The highest BCUT2D eigenvalue weighted by Crippen LogP contribution is 2.33. The Morgan fingerprint density at radius 3 is 2.45 bits per heavy atom. The van der Waals surface area contributed by atoms with Crippen LogP contribution in [-0.2, 0) is 0 Å². The van der Waals surface area contributed by atoms with Crippen LogP contribution in [0.1, 0.15) is 44.0 Å². The molecular formula is C25H28N2O4. The lowest BCUT2D eigenvalue weighted by Crippen LogP contribution is -2.10. The molecule has 1 heterocycles. The summed E-state index contributed by atoms with van der Waals surface area (Å²) in [6.07, 6.45) is 6.79. The molecular weight excluding hydrogens is 392 g/mol. The van der Waals surface area contributed by atoms with E-state index in [4.69, 9.17) is 14.2 Å². The molecule has 3 rings (SSSR count). The highest BCUT2D eigenvalue weighted by molar-refractivity contribution is 5.92. The van der Waals surface area contributed by atoms with E-state index in [9.17, 15) is 4.79 Å². The van der Waals surface area contributed by atoms with E-state index in [1.165, 1.54) is 0 Å². The Morgan fingerprint density at radius 1 is 1.00 bits per heavy atom. The maximum absolute atomic E-state index is 12.7. The molecule has 3 aromatic rings. The van der Waals surface area contributed by atoms with Crippen LogP contribution in [0.15, 0.2) is 61.1 Å². The van der Waals surface area contributed by atoms with Crippen molar-refractivity contribution in [3.05, 3.63) is 66.6 Å². The molecule has 0 saturated carbocycles. The van der Waals surface area contributed by atoms with Gasteiger partial charge in [0, 0.05) is 18.0 Å². The van der Waals surface area contributed by atoms with Gasteiger partial charge in [0.15, 0.2) is 0 Å². The predicted molar refractivity (Wildman–Crippen MR) is 120 cm³/mol. The number of carbonyl (C=O) groups excluding carboxylic acids is 1. The number of hydrogen-bond donors (Lipinski definition) is 0. The molecule has 1 aromatic heterocycles. The van der Waals surface area contributed by atoms with E-state index in [2.05, 4.69) is 23.8 Å². The van der Waals surface area contributed by atoms with Gasteiger partial charge in [-0.25, -0.2) is 4.79 Å². The smallest absolute Gasteiger partial charge is 0.343 e. The summed E-state index contributed by atoms with van der Waals surface area (Å²) >= 11 is 0. The topological polar surface area (TPSA) is 70.5 Å². The van der Waals surface area contributed by atoms with E-state index in [0.29, 0.717) is 47.5 Å². The Bertz CT molecular complexity index is 975. The quantitative estimate of drug-likeness (QED) is 0.315. The largest absolute Gasteiger partial charge is 0.494 e. The van der Waals surface area contributed by atoms with Crippen molar-refractivity contribution in [3.63, 3.8) is 0 Å². The van der Waals surface area contributed by atoms with Crippen molar-refractivity contribution in [2.45, 2.75) is 33.6 Å². The van der Waals surface area contributed by atoms with Crippen LogP contribution < -0.4 is 14.2 Å². The van der Waals surface area contributed by atoms with Gasteiger partial charge in [0.2, 0.25) is 0 Å². The fourth-order valence-electron chi connectivity index (χ4n) is 2.75. The number of esters is 1. The van der Waals surface area contributed by atoms with Crippen molar-refractivity contribution in [2.24, 2.45) is 5.92 Å². The van der Waals surface area contributed by atoms with Crippen LogP contribution in [0, 0.1) is 5.92 Å². The van der Waals surface area contributed by atoms with E-state index < -0.39 is 5.97 Å². The van der Waals surface area contributed by atoms with Crippen molar-refractivity contribution >= 4 is 5.97 Å². The summed E-state index contributed by atoms with van der Waals surface area (Å²) in [5.74, 6) is 1.80. The Morgan fingerprint density at radius 2 is 1.77 bits per heavy atom. The van der Waals surface area contributed by atoms with Gasteiger partial charge in [-0.2, -0.15) is 0 Å². The molecule has 31 heavy (non-hydrogen) atoms. The molecule has 0 aliphatic rings. The zero-order valence-corrected chi connectivity index (χ0v) is 18.2. The molecule has 6 nitrogen and oxygen atoms in total. The van der Waals surface area contributed by atoms with Gasteiger partial charge in [0.05, 0.1) is 30.7 Å². The van der Waals surface area contributed by atoms with Gasteiger partial charge in [0.25, 0.3) is 0 Å². The average Bonchev–Trinajstić information content (AvgIpc) is 2.82. The first-order chi connectivity index (χ1) is 15.1. The molecule has 162 valence electrons. The van der Waals surface area contributed by atoms with Crippen molar-refractivity contribution in [2.75, 3.05) is 13.2 Å². The predicted octanol–water partition coefficient (Wildman–Crippen LogP) is 5.58. The Hall–Kier alpha value is -3.41. The van der Waals surface area contributed by atoms with Gasteiger partial charge in [-0.3, -0.25) is 9.97 Å². The Labute approximate surface area is 183 Å². The number of ether oxygens (including phenoxy) is 3. The minimum Gasteiger partial charge on any atom is -0.494 e. The zero-order valence-electron chi connectivity index (χ0n) is 18.2. The third-order valence-corrected chi connectivity index (χ3v) is 4.79. The molecule has 0 bridgehead atoms. The molecule has 1 unspecified atom stereocenters. The van der Waals surface area contributed by atoms with Crippen LogP contribution in [0.4, 0.5) is 0 Å². The van der Waals surface area contributed by atoms with Crippen molar-refractivity contribution in [1.82, 2.24) is 9.97 Å². The minimum atomic E-state index is -0.458. The summed E-state index contributed by atoms with van der Waals surface area (Å²) in [5.41, 5.74) is 1.68. The first kappa shape index (κ1) is 22.3. The van der Waals surface area contributed by atoms with E-state index in [1.807, 2.05) is 13.0 Å². The molecule has 6 heteroatoms. The summed E-state index contributed by atoms with van der Waals surface area (Å²) < 4.78 is 17.2. The first-order valence-electron chi connectivity index (χ1n) is 10.6. The Balaban J connectivity index is 1.81. The number of nitrogens with zero attached hydrogens (tertiary/aromatic N) is 2. The number of benzene rings is 2. The molecule has 0 saturated heterocycles. The van der Waals surface area contributed by atoms with E-state index in [1.54, 1.807) is 55.0 Å². The third kappa shape index (κ3) is 6.28. The standard InChI is InChI=1S/C25H28N2O4/c1-4-14-29-20-8-6-19(7-9-20)25(28)31-24-11-10-21(30-17-18(3)5-2)15-22(24)23-16-26-12-13-27-23/h6-13,15-16,18H,4-5,14,17H2,1-3H3. The molecule has 0 spiro atoms. The lowest BCUT2D eigenvalue weighted by molar-refractivity contribution is 0.0735. The van der Waals surface area contributed by atoms with Crippen LogP contribution in [0.5, 0.6) is 17.2 Å². The maximum atomic E-state index is 12.7. The number of aromatic nitrogens is 2. The van der Waals surface area contributed by atoms with E-state index >= 15 is 0 Å². The van der Waals surface area contributed by atoms with Gasteiger partial charge >= 0.3 is 5.97 Å². The lowest BCUT2D eigenvalue weighted by atomic mass is 10.1. The SMILES string of the molecule is CCCOc1ccc(C(=O)Oc2ccc(OCC(C)CC)cc2-c2cnccn2)cc1. The van der Waals surface area contributed by atoms with Crippen molar-refractivity contribution < 1.29 is 19.0 Å². The lowest BCUT2D eigenvalue weighted by Gasteiger charge is -2.14. The van der Waals surface area contributed by atoms with E-state index in [0.717, 1.165) is 18.6 Å². The zero-order chi connectivity index (χ0) is 22.1. The average molecular weight is 421 g/mol. The summed E-state index contributed by atoms with van der Waals surface area (Å²) in [4.78, 5) is 21.2. The Kier molecular flexibility index (Phi) is 7.98. The molecule has 0 N–H and O–H groups in total. The van der Waals surface area contributed by atoms with Gasteiger partial charge in [-0.1, -0.05) is 27.2 Å². The molecule has 0 aliphatic carbocycles. The van der Waals surface area contributed by atoms with Crippen LogP contribution in [0.2, 0.25) is 0 Å². The van der Waals surface area contributed by atoms with Crippen molar-refractivity contribution in [1.29, 1.82) is 0 Å². The van der Waals surface area contributed by atoms with Crippen molar-refractivity contribution in [3.8, 4) is 28.5 Å². The third-order valence-electron chi connectivity index (χ3n) is 4.79. The fraction of sp³-hybridized carbons (Fsp3) is 0.320. The van der Waals surface area contributed by atoms with Gasteiger partial charge < -0.3 is 14.2 Å². The van der Waals surface area contributed by atoms with E-state index in [-0.39, 0.29) is 0 Å². The monoisotopic (exact) mass is 420 g/mol. The number of hydrogen-bond acceptors (Lipinski definition) is 6. The molecule has 0 fully saturated rings. The highest BCUT2D eigenvalue weighted by atomic mass is 16.5. The van der Waals surface area contributed by atoms with Gasteiger partial charge in [-0.15, -0.1) is 0 Å². The second kappa shape index (κ2) is 11.1. The van der Waals surface area contributed by atoms with Crippen LogP contribution >= 0.6 is 0 Å². The normalized spacial score (nSPS) is 11.6. The van der Waals surface area contributed by atoms with Gasteiger partial charge in [0.1, 0.15) is 17.2 Å². The molecule has 0 radical (unpaired) electrons. The summed E-state index contributed by atoms with van der Waals surface area (Å²) in [7, 11) is 0. The van der Waals surface area contributed by atoms with Gasteiger partial charge in [-0.05, 0) is 54.8 Å². The fourth-order valence-corrected chi connectivity index (χ4v) is 2.75. The second-order valence-electron chi connectivity index (χ2n) is 7.34. The summed E-state index contributed by atoms with van der Waals surface area (Å²) in [6.45, 7) is 7.56. The number of carbonyl (C=O) groups is 1. The van der Waals surface area contributed by atoms with Crippen LogP contribution in [-0.4, -0.2) is 29.2 Å². The number of rotatable bonds is 10. The maximum Gasteiger partial charge on any atom is 0.343 e. The molecule has 2 aromatic carbocycles.